The lowest BCUT2D eigenvalue weighted by Crippen LogP contribution is -2.29. The van der Waals surface area contributed by atoms with Crippen LogP contribution in [0.4, 0.5) is 0 Å². The highest BCUT2D eigenvalue weighted by Gasteiger charge is 2.11. The van der Waals surface area contributed by atoms with Gasteiger partial charge in [-0.25, -0.2) is 5.84 Å². The summed E-state index contributed by atoms with van der Waals surface area (Å²) in [6.07, 6.45) is 0. The first-order valence-corrected chi connectivity index (χ1v) is 7.95. The molecule has 0 saturated carbocycles. The van der Waals surface area contributed by atoms with Gasteiger partial charge in [-0.15, -0.1) is 11.3 Å². The summed E-state index contributed by atoms with van der Waals surface area (Å²) in [5.41, 5.74) is 5.88. The summed E-state index contributed by atoms with van der Waals surface area (Å²) in [6, 6.07) is 10.4. The van der Waals surface area contributed by atoms with Gasteiger partial charge in [-0.05, 0) is 35.1 Å². The van der Waals surface area contributed by atoms with E-state index in [1.165, 1.54) is 22.5 Å². The lowest BCUT2D eigenvalue weighted by atomic mass is 10.1. The minimum atomic E-state index is -0.207. The number of carbonyl (C=O) groups excluding carboxylic acids is 1. The highest BCUT2D eigenvalue weighted by atomic mass is 32.2. The first kappa shape index (κ1) is 14.1. The number of hydrazine groups is 1. The Labute approximate surface area is 121 Å². The van der Waals surface area contributed by atoms with E-state index >= 15 is 0 Å². The molecule has 0 saturated heterocycles. The quantitative estimate of drug-likeness (QED) is 0.506. The van der Waals surface area contributed by atoms with Gasteiger partial charge in [0.15, 0.2) is 0 Å². The van der Waals surface area contributed by atoms with Crippen molar-refractivity contribution in [3.05, 3.63) is 57.3 Å². The highest BCUT2D eigenvalue weighted by molar-refractivity contribution is 7.97. The average Bonchev–Trinajstić information content (AvgIpc) is 2.88. The number of nitrogens with one attached hydrogen (secondary N) is 1. The Morgan fingerprint density at radius 1 is 1.26 bits per heavy atom. The Balaban J connectivity index is 1.95. The molecule has 100 valence electrons. The minimum absolute atomic E-state index is 0.207. The monoisotopic (exact) mass is 292 g/mol. The van der Waals surface area contributed by atoms with E-state index in [1.54, 1.807) is 11.8 Å². The van der Waals surface area contributed by atoms with E-state index in [1.807, 2.05) is 17.5 Å². The molecule has 0 spiro atoms. The third-order valence-corrected chi connectivity index (χ3v) is 4.85. The van der Waals surface area contributed by atoms with E-state index in [4.69, 9.17) is 5.84 Å². The van der Waals surface area contributed by atoms with Crippen molar-refractivity contribution < 1.29 is 4.79 Å². The molecule has 0 aliphatic rings. The van der Waals surface area contributed by atoms with Gasteiger partial charge in [0.25, 0.3) is 5.91 Å². The molecule has 0 atom stereocenters. The molecule has 0 aliphatic carbocycles. The maximum atomic E-state index is 11.5. The summed E-state index contributed by atoms with van der Waals surface area (Å²) in [5.74, 6) is 6.74. The van der Waals surface area contributed by atoms with Crippen molar-refractivity contribution in [1.29, 1.82) is 0 Å². The van der Waals surface area contributed by atoms with Crippen LogP contribution in [0.1, 0.15) is 26.4 Å². The molecular weight excluding hydrogens is 276 g/mol. The SMILES string of the molecule is Cc1ccccc1CSCc1ccsc1C(=O)NN. The average molecular weight is 292 g/mol. The third-order valence-electron chi connectivity index (χ3n) is 2.86. The second kappa shape index (κ2) is 6.75. The van der Waals surface area contributed by atoms with Crippen LogP contribution >= 0.6 is 23.1 Å². The van der Waals surface area contributed by atoms with Gasteiger partial charge in [-0.2, -0.15) is 11.8 Å². The van der Waals surface area contributed by atoms with Gasteiger partial charge in [0.05, 0.1) is 4.88 Å². The van der Waals surface area contributed by atoms with Gasteiger partial charge < -0.3 is 0 Å². The standard InChI is InChI=1S/C14H16N2OS2/c1-10-4-2-3-5-11(10)8-18-9-12-6-7-19-13(12)14(17)16-15/h2-7H,8-9,15H2,1H3,(H,16,17). The predicted octanol–water partition coefficient (Wildman–Crippen LogP) is 3.09. The Morgan fingerprint density at radius 2 is 2.00 bits per heavy atom. The zero-order valence-corrected chi connectivity index (χ0v) is 12.3. The van der Waals surface area contributed by atoms with E-state index in [-0.39, 0.29) is 5.91 Å². The fourth-order valence-corrected chi connectivity index (χ4v) is 3.78. The largest absolute Gasteiger partial charge is 0.289 e. The molecule has 0 aliphatic heterocycles. The number of benzene rings is 1. The van der Waals surface area contributed by atoms with Gasteiger partial charge in [0.1, 0.15) is 0 Å². The second-order valence-corrected chi connectivity index (χ2v) is 6.07. The number of nitrogens with two attached hydrogens (primary N) is 1. The molecule has 1 amide bonds. The summed E-state index contributed by atoms with van der Waals surface area (Å²) >= 11 is 3.23. The number of amides is 1. The summed E-state index contributed by atoms with van der Waals surface area (Å²) in [5, 5.41) is 1.92. The van der Waals surface area contributed by atoms with Crippen molar-refractivity contribution >= 4 is 29.0 Å². The molecule has 1 aromatic carbocycles. The van der Waals surface area contributed by atoms with Crippen molar-refractivity contribution in [2.75, 3.05) is 0 Å². The highest BCUT2D eigenvalue weighted by Crippen LogP contribution is 2.24. The van der Waals surface area contributed by atoms with E-state index < -0.39 is 0 Å². The van der Waals surface area contributed by atoms with Crippen LogP contribution in [0.25, 0.3) is 0 Å². The zero-order valence-electron chi connectivity index (χ0n) is 10.7. The van der Waals surface area contributed by atoms with Gasteiger partial charge in [-0.3, -0.25) is 10.2 Å². The maximum absolute atomic E-state index is 11.5. The number of rotatable bonds is 5. The molecule has 2 rings (SSSR count). The summed E-state index contributed by atoms with van der Waals surface area (Å²) < 4.78 is 0. The molecule has 0 bridgehead atoms. The number of aryl methyl sites for hydroxylation is 1. The molecule has 0 radical (unpaired) electrons. The molecule has 19 heavy (non-hydrogen) atoms. The maximum Gasteiger partial charge on any atom is 0.275 e. The first-order chi connectivity index (χ1) is 9.22. The van der Waals surface area contributed by atoms with Crippen molar-refractivity contribution in [2.45, 2.75) is 18.4 Å². The summed E-state index contributed by atoms with van der Waals surface area (Å²) in [7, 11) is 0. The summed E-state index contributed by atoms with van der Waals surface area (Å²) in [6.45, 7) is 2.12. The number of carbonyl (C=O) groups is 1. The molecule has 1 aromatic heterocycles. The number of thiophene rings is 1. The molecule has 0 fully saturated rings. The fourth-order valence-electron chi connectivity index (χ4n) is 1.76. The van der Waals surface area contributed by atoms with Gasteiger partial charge in [0, 0.05) is 11.5 Å². The Hall–Kier alpha value is -1.30. The van der Waals surface area contributed by atoms with Crippen LogP contribution in [0.2, 0.25) is 0 Å². The normalized spacial score (nSPS) is 10.4. The van der Waals surface area contributed by atoms with Crippen LogP contribution < -0.4 is 11.3 Å². The Morgan fingerprint density at radius 3 is 2.74 bits per heavy atom. The van der Waals surface area contributed by atoms with E-state index in [0.29, 0.717) is 4.88 Å². The fraction of sp³-hybridized carbons (Fsp3) is 0.214. The Kier molecular flexibility index (Phi) is 5.01. The van der Waals surface area contributed by atoms with Crippen LogP contribution in [-0.2, 0) is 11.5 Å². The number of hydrogen-bond donors (Lipinski definition) is 2. The van der Waals surface area contributed by atoms with Crippen molar-refractivity contribution in [3.8, 4) is 0 Å². The van der Waals surface area contributed by atoms with E-state index in [0.717, 1.165) is 17.1 Å². The summed E-state index contributed by atoms with van der Waals surface area (Å²) in [4.78, 5) is 12.3. The topological polar surface area (TPSA) is 55.1 Å². The Bertz CT molecular complexity index is 566. The van der Waals surface area contributed by atoms with Crippen LogP contribution in [0.3, 0.4) is 0 Å². The molecule has 0 unspecified atom stereocenters. The molecule has 3 nitrogen and oxygen atoms in total. The smallest absolute Gasteiger partial charge is 0.275 e. The molecule has 5 heteroatoms. The van der Waals surface area contributed by atoms with E-state index in [9.17, 15) is 4.79 Å². The molecular formula is C14H16N2OS2. The first-order valence-electron chi connectivity index (χ1n) is 5.92. The van der Waals surface area contributed by atoms with Crippen molar-refractivity contribution in [1.82, 2.24) is 5.43 Å². The third kappa shape index (κ3) is 3.59. The van der Waals surface area contributed by atoms with Crippen LogP contribution in [-0.4, -0.2) is 5.91 Å². The minimum Gasteiger partial charge on any atom is -0.289 e. The number of hydrogen-bond acceptors (Lipinski definition) is 4. The number of nitrogen functional groups attached to an aromatic ring is 1. The number of thioether (sulfide) groups is 1. The van der Waals surface area contributed by atoms with Crippen LogP contribution in [0.5, 0.6) is 0 Å². The molecule has 2 aromatic rings. The molecule has 1 heterocycles. The predicted molar refractivity (Wildman–Crippen MR) is 82.2 cm³/mol. The van der Waals surface area contributed by atoms with Crippen molar-refractivity contribution in [3.63, 3.8) is 0 Å². The van der Waals surface area contributed by atoms with Crippen LogP contribution in [0, 0.1) is 6.92 Å². The van der Waals surface area contributed by atoms with Gasteiger partial charge >= 0.3 is 0 Å². The lowest BCUT2D eigenvalue weighted by molar-refractivity contribution is 0.0957. The second-order valence-electron chi connectivity index (χ2n) is 4.17. The lowest BCUT2D eigenvalue weighted by Gasteiger charge is -2.06. The zero-order chi connectivity index (χ0) is 13.7. The molecule has 3 N–H and O–H groups in total. The van der Waals surface area contributed by atoms with Gasteiger partial charge in [0.2, 0.25) is 0 Å². The van der Waals surface area contributed by atoms with E-state index in [2.05, 4.69) is 30.5 Å². The van der Waals surface area contributed by atoms with Gasteiger partial charge in [-0.1, -0.05) is 24.3 Å². The van der Waals surface area contributed by atoms with Crippen molar-refractivity contribution in [2.24, 2.45) is 5.84 Å². The van der Waals surface area contributed by atoms with Crippen LogP contribution in [0.15, 0.2) is 35.7 Å².